The van der Waals surface area contributed by atoms with Gasteiger partial charge in [-0.1, -0.05) is 36.0 Å². The number of ether oxygens (including phenoxy) is 1. The van der Waals surface area contributed by atoms with Crippen LogP contribution < -0.4 is 20.3 Å². The molecule has 9 nitrogen and oxygen atoms in total. The van der Waals surface area contributed by atoms with Gasteiger partial charge in [-0.05, 0) is 48.5 Å². The summed E-state index contributed by atoms with van der Waals surface area (Å²) >= 11 is 1.09. The van der Waals surface area contributed by atoms with Crippen molar-refractivity contribution >= 4 is 50.0 Å². The van der Waals surface area contributed by atoms with Crippen LogP contribution in [-0.2, 0) is 14.8 Å². The van der Waals surface area contributed by atoms with E-state index < -0.39 is 10.0 Å². The SMILES string of the molecule is COc1ccccc1NS(=O)(=O)c1ccc(NC(=O)CSc2nc3ccccc3c(=O)[nH]2)cc1. The average Bonchev–Trinajstić information content (AvgIpc) is 2.83. The van der Waals surface area contributed by atoms with Crippen molar-refractivity contribution in [3.05, 3.63) is 83.2 Å². The van der Waals surface area contributed by atoms with Gasteiger partial charge in [0.2, 0.25) is 5.91 Å². The Labute approximate surface area is 199 Å². The quantitative estimate of drug-likeness (QED) is 0.252. The molecule has 0 aliphatic heterocycles. The molecule has 34 heavy (non-hydrogen) atoms. The number of amides is 1. The van der Waals surface area contributed by atoms with Crippen molar-refractivity contribution in [2.75, 3.05) is 22.9 Å². The largest absolute Gasteiger partial charge is 0.495 e. The van der Waals surface area contributed by atoms with E-state index in [0.717, 1.165) is 11.8 Å². The predicted octanol–water partition coefficient (Wildman–Crippen LogP) is 3.46. The lowest BCUT2D eigenvalue weighted by Crippen LogP contribution is -2.16. The zero-order chi connectivity index (χ0) is 24.1. The molecule has 1 heterocycles. The molecule has 4 rings (SSSR count). The third-order valence-electron chi connectivity index (χ3n) is 4.73. The highest BCUT2D eigenvalue weighted by atomic mass is 32.2. The molecule has 0 bridgehead atoms. The van der Waals surface area contributed by atoms with E-state index in [1.54, 1.807) is 48.5 Å². The number of anilines is 2. The molecule has 0 fully saturated rings. The van der Waals surface area contributed by atoms with Crippen molar-refractivity contribution < 1.29 is 17.9 Å². The van der Waals surface area contributed by atoms with Gasteiger partial charge in [-0.2, -0.15) is 0 Å². The van der Waals surface area contributed by atoms with Crippen LogP contribution in [0.2, 0.25) is 0 Å². The Kier molecular flexibility index (Phi) is 6.85. The van der Waals surface area contributed by atoms with Crippen LogP contribution in [0.4, 0.5) is 11.4 Å². The van der Waals surface area contributed by atoms with Crippen LogP contribution in [0, 0.1) is 0 Å². The van der Waals surface area contributed by atoms with Gasteiger partial charge < -0.3 is 15.0 Å². The van der Waals surface area contributed by atoms with Gasteiger partial charge >= 0.3 is 0 Å². The molecule has 0 saturated heterocycles. The van der Waals surface area contributed by atoms with Gasteiger partial charge in [0.15, 0.2) is 5.16 Å². The molecule has 3 N–H and O–H groups in total. The number of thioether (sulfide) groups is 1. The number of benzene rings is 3. The van der Waals surface area contributed by atoms with Gasteiger partial charge in [-0.25, -0.2) is 13.4 Å². The fourth-order valence-corrected chi connectivity index (χ4v) is 4.85. The number of para-hydroxylation sites is 3. The summed E-state index contributed by atoms with van der Waals surface area (Å²) in [6.45, 7) is 0. The summed E-state index contributed by atoms with van der Waals surface area (Å²) in [5.41, 5.74) is 1.03. The minimum Gasteiger partial charge on any atom is -0.495 e. The first-order valence-corrected chi connectivity index (χ1v) is 12.5. The van der Waals surface area contributed by atoms with Crippen LogP contribution in [0.25, 0.3) is 10.9 Å². The first-order valence-electron chi connectivity index (χ1n) is 10.0. The highest BCUT2D eigenvalue weighted by molar-refractivity contribution is 7.99. The summed E-state index contributed by atoms with van der Waals surface area (Å²) in [6.07, 6.45) is 0. The Morgan fingerprint density at radius 1 is 1.03 bits per heavy atom. The van der Waals surface area contributed by atoms with Crippen molar-refractivity contribution in [1.82, 2.24) is 9.97 Å². The molecule has 0 saturated carbocycles. The number of aromatic amines is 1. The normalized spacial score (nSPS) is 11.2. The highest BCUT2D eigenvalue weighted by Crippen LogP contribution is 2.26. The number of H-pyrrole nitrogens is 1. The molecule has 0 aliphatic carbocycles. The Hall–Kier alpha value is -3.83. The molecule has 11 heteroatoms. The van der Waals surface area contributed by atoms with Crippen LogP contribution >= 0.6 is 11.8 Å². The fraction of sp³-hybridized carbons (Fsp3) is 0.0870. The molecule has 174 valence electrons. The molecule has 0 atom stereocenters. The molecule has 0 unspecified atom stereocenters. The number of nitrogens with one attached hydrogen (secondary N) is 3. The van der Waals surface area contributed by atoms with Gasteiger partial charge in [0.25, 0.3) is 15.6 Å². The van der Waals surface area contributed by atoms with Crippen LogP contribution in [0.1, 0.15) is 0 Å². The number of hydrogen-bond donors (Lipinski definition) is 3. The maximum Gasteiger partial charge on any atom is 0.262 e. The second-order valence-electron chi connectivity index (χ2n) is 7.06. The number of aromatic nitrogens is 2. The van der Waals surface area contributed by atoms with Crippen LogP contribution in [0.5, 0.6) is 5.75 Å². The van der Waals surface area contributed by atoms with Crippen LogP contribution in [-0.4, -0.2) is 37.2 Å². The number of fused-ring (bicyclic) bond motifs is 1. The van der Waals surface area contributed by atoms with E-state index in [-0.39, 0.29) is 22.1 Å². The summed E-state index contributed by atoms with van der Waals surface area (Å²) in [6, 6.07) is 19.4. The van der Waals surface area contributed by atoms with Gasteiger partial charge in [0.1, 0.15) is 5.75 Å². The van der Waals surface area contributed by atoms with Crippen molar-refractivity contribution in [2.45, 2.75) is 10.1 Å². The van der Waals surface area contributed by atoms with E-state index in [9.17, 15) is 18.0 Å². The van der Waals surface area contributed by atoms with Gasteiger partial charge in [-0.3, -0.25) is 14.3 Å². The van der Waals surface area contributed by atoms with Crippen molar-refractivity contribution in [3.8, 4) is 5.75 Å². The van der Waals surface area contributed by atoms with E-state index >= 15 is 0 Å². The van der Waals surface area contributed by atoms with Gasteiger partial charge in [0, 0.05) is 5.69 Å². The highest BCUT2D eigenvalue weighted by Gasteiger charge is 2.16. The number of carbonyl (C=O) groups excluding carboxylic acids is 1. The first-order chi connectivity index (χ1) is 16.4. The smallest absolute Gasteiger partial charge is 0.262 e. The molecule has 0 aliphatic rings. The average molecular weight is 497 g/mol. The van der Waals surface area contributed by atoms with Crippen molar-refractivity contribution in [2.24, 2.45) is 0 Å². The summed E-state index contributed by atoms with van der Waals surface area (Å²) in [4.78, 5) is 31.5. The molecular formula is C23H20N4O5S2. The number of rotatable bonds is 8. The summed E-state index contributed by atoms with van der Waals surface area (Å²) in [5.74, 6) is 0.0784. The summed E-state index contributed by atoms with van der Waals surface area (Å²) in [5, 5.41) is 3.51. The molecule has 4 aromatic rings. The van der Waals surface area contributed by atoms with Crippen LogP contribution in [0.3, 0.4) is 0 Å². The van der Waals surface area contributed by atoms with E-state index in [1.807, 2.05) is 0 Å². The Morgan fingerprint density at radius 2 is 1.74 bits per heavy atom. The zero-order valence-electron chi connectivity index (χ0n) is 17.9. The second kappa shape index (κ2) is 9.98. The Morgan fingerprint density at radius 3 is 2.50 bits per heavy atom. The van der Waals surface area contributed by atoms with Crippen molar-refractivity contribution in [3.63, 3.8) is 0 Å². The molecule has 1 amide bonds. The topological polar surface area (TPSA) is 130 Å². The van der Waals surface area contributed by atoms with Crippen molar-refractivity contribution in [1.29, 1.82) is 0 Å². The lowest BCUT2D eigenvalue weighted by Gasteiger charge is -2.12. The molecule has 1 aromatic heterocycles. The first kappa shape index (κ1) is 23.3. The number of carbonyl (C=O) groups is 1. The van der Waals surface area contributed by atoms with Gasteiger partial charge in [-0.15, -0.1) is 0 Å². The minimum absolute atomic E-state index is 0.0106. The number of nitrogens with zero attached hydrogens (tertiary/aromatic N) is 1. The van der Waals surface area contributed by atoms with E-state index in [2.05, 4.69) is 20.0 Å². The van der Waals surface area contributed by atoms with Crippen LogP contribution in [0.15, 0.2) is 87.6 Å². The lowest BCUT2D eigenvalue weighted by atomic mass is 10.2. The Bertz CT molecular complexity index is 1500. The second-order valence-corrected chi connectivity index (χ2v) is 9.70. The number of hydrogen-bond acceptors (Lipinski definition) is 7. The standard InChI is InChI=1S/C23H20N4O5S2/c1-32-20-9-5-4-8-19(20)27-34(30,31)16-12-10-15(11-13-16)24-21(28)14-33-23-25-18-7-3-2-6-17(18)22(29)26-23/h2-13,27H,14H2,1H3,(H,24,28)(H,25,26,29). The van der Waals surface area contributed by atoms with Gasteiger partial charge in [0.05, 0.1) is 34.3 Å². The molecule has 0 radical (unpaired) electrons. The molecule has 3 aromatic carbocycles. The number of methoxy groups -OCH3 is 1. The molecule has 0 spiro atoms. The number of sulfonamides is 1. The van der Waals surface area contributed by atoms with E-state index in [4.69, 9.17) is 4.74 Å². The maximum absolute atomic E-state index is 12.7. The van der Waals surface area contributed by atoms with E-state index in [1.165, 1.54) is 31.4 Å². The molecular weight excluding hydrogens is 476 g/mol. The maximum atomic E-state index is 12.7. The fourth-order valence-electron chi connectivity index (χ4n) is 3.11. The third kappa shape index (κ3) is 5.38. The van der Waals surface area contributed by atoms with E-state index in [0.29, 0.717) is 33.2 Å². The Balaban J connectivity index is 1.38. The monoisotopic (exact) mass is 496 g/mol. The minimum atomic E-state index is -3.85. The summed E-state index contributed by atoms with van der Waals surface area (Å²) in [7, 11) is -2.39. The zero-order valence-corrected chi connectivity index (χ0v) is 19.6. The lowest BCUT2D eigenvalue weighted by molar-refractivity contribution is -0.113. The predicted molar refractivity (Wildman–Crippen MR) is 132 cm³/mol. The summed E-state index contributed by atoms with van der Waals surface area (Å²) < 4.78 is 33.0. The third-order valence-corrected chi connectivity index (χ3v) is 6.99.